The zero-order chi connectivity index (χ0) is 27.0. The molecule has 1 N–H and O–H groups in total. The Bertz CT molecular complexity index is 1320. The molecule has 0 bridgehead atoms. The third-order valence-electron chi connectivity index (χ3n) is 7.61. The number of benzene rings is 2. The van der Waals surface area contributed by atoms with Gasteiger partial charge in [0.25, 0.3) is 0 Å². The van der Waals surface area contributed by atoms with Crippen LogP contribution in [0.2, 0.25) is 5.02 Å². The van der Waals surface area contributed by atoms with E-state index in [0.29, 0.717) is 17.3 Å². The fourth-order valence-electron chi connectivity index (χ4n) is 5.77. The van der Waals surface area contributed by atoms with Gasteiger partial charge in [-0.05, 0) is 82.1 Å². The lowest BCUT2D eigenvalue weighted by molar-refractivity contribution is 0.293. The summed E-state index contributed by atoms with van der Waals surface area (Å²) >= 11 is 6.21. The average Bonchev–Trinajstić information content (AvgIpc) is 3.44. The van der Waals surface area contributed by atoms with E-state index in [1.165, 1.54) is 30.1 Å². The van der Waals surface area contributed by atoms with E-state index in [4.69, 9.17) is 16.3 Å². The van der Waals surface area contributed by atoms with Crippen LogP contribution in [0.4, 0.5) is 10.2 Å². The maximum atomic E-state index is 13.5. The van der Waals surface area contributed by atoms with Crippen LogP contribution in [0.15, 0.2) is 61.1 Å². The molecule has 3 atom stereocenters. The fourth-order valence-corrected chi connectivity index (χ4v) is 6.92. The largest absolute Gasteiger partial charge is 0.450 e. The van der Waals surface area contributed by atoms with Gasteiger partial charge in [-0.1, -0.05) is 41.9 Å². The summed E-state index contributed by atoms with van der Waals surface area (Å²) in [5, 5.41) is 0.192. The number of hydrogen-bond acceptors (Lipinski definition) is 5. The van der Waals surface area contributed by atoms with Crippen molar-refractivity contribution in [2.75, 3.05) is 18.0 Å². The highest BCUT2D eigenvalue weighted by Gasteiger charge is 2.52. The van der Waals surface area contributed by atoms with Crippen molar-refractivity contribution in [3.8, 4) is 11.5 Å². The van der Waals surface area contributed by atoms with Gasteiger partial charge in [0.2, 0.25) is 0 Å². The quantitative estimate of drug-likeness (QED) is 0.361. The summed E-state index contributed by atoms with van der Waals surface area (Å²) < 4.78 is 36.1. The van der Waals surface area contributed by atoms with E-state index >= 15 is 0 Å². The van der Waals surface area contributed by atoms with E-state index in [2.05, 4.69) is 43.9 Å². The summed E-state index contributed by atoms with van der Waals surface area (Å²) in [5.74, 6) is 1.12. The molecule has 1 aliphatic heterocycles. The van der Waals surface area contributed by atoms with Crippen LogP contribution in [0.25, 0.3) is 0 Å². The number of anilines is 1. The summed E-state index contributed by atoms with van der Waals surface area (Å²) in [6.07, 6.45) is 7.90. The lowest BCUT2D eigenvalue weighted by Gasteiger charge is -2.35. The molecule has 2 aromatic carbocycles. The number of rotatable bonds is 7. The molecule has 2 heterocycles. The molecule has 3 aromatic rings. The second kappa shape index (κ2) is 10.5. The van der Waals surface area contributed by atoms with Crippen molar-refractivity contribution in [1.29, 1.82) is 0 Å². The molecule has 1 saturated carbocycles. The van der Waals surface area contributed by atoms with Gasteiger partial charge in [-0.2, -0.15) is 0 Å². The first kappa shape index (κ1) is 27.0. The minimum absolute atomic E-state index is 0.0691. The van der Waals surface area contributed by atoms with Gasteiger partial charge >= 0.3 is 0 Å². The minimum atomic E-state index is -1.18. The summed E-state index contributed by atoms with van der Waals surface area (Å²) in [5.41, 5.74) is 1.07. The zero-order valence-electron chi connectivity index (χ0n) is 22.0. The molecule has 1 aliphatic carbocycles. The molecule has 2 fully saturated rings. The van der Waals surface area contributed by atoms with Crippen molar-refractivity contribution >= 4 is 28.4 Å². The molecular weight excluding hydrogens is 523 g/mol. The van der Waals surface area contributed by atoms with Crippen molar-refractivity contribution < 1.29 is 13.3 Å². The number of hydrogen-bond donors (Lipinski definition) is 1. The van der Waals surface area contributed by atoms with Crippen LogP contribution in [0.1, 0.15) is 52.0 Å². The third kappa shape index (κ3) is 5.87. The molecule has 38 heavy (non-hydrogen) atoms. The van der Waals surface area contributed by atoms with E-state index in [1.807, 2.05) is 26.8 Å². The smallest absolute Gasteiger partial charge is 0.188 e. The van der Waals surface area contributed by atoms with Crippen LogP contribution >= 0.6 is 11.6 Å². The Morgan fingerprint density at radius 3 is 2.66 bits per heavy atom. The average molecular weight is 557 g/mol. The second-order valence-electron chi connectivity index (χ2n) is 11.7. The normalized spacial score (nSPS) is 24.2. The Morgan fingerprint density at radius 1 is 1.13 bits per heavy atom. The lowest BCUT2D eigenvalue weighted by atomic mass is 9.81. The van der Waals surface area contributed by atoms with Gasteiger partial charge in [-0.25, -0.2) is 23.3 Å². The predicted octanol–water partition coefficient (Wildman–Crippen LogP) is 6.48. The van der Waals surface area contributed by atoms with Crippen molar-refractivity contribution in [1.82, 2.24) is 14.7 Å². The van der Waals surface area contributed by atoms with Crippen LogP contribution < -0.4 is 14.4 Å². The lowest BCUT2D eigenvalue weighted by Crippen LogP contribution is -2.51. The second-order valence-corrected chi connectivity index (χ2v) is 14.0. The minimum Gasteiger partial charge on any atom is -0.450 e. The van der Waals surface area contributed by atoms with Gasteiger partial charge in [-0.15, -0.1) is 0 Å². The molecule has 1 saturated heterocycles. The summed E-state index contributed by atoms with van der Waals surface area (Å²) in [6, 6.07) is 14.5. The van der Waals surface area contributed by atoms with E-state index in [9.17, 15) is 8.60 Å². The molecular formula is C29H34ClFN4O2S. The first-order valence-electron chi connectivity index (χ1n) is 13.0. The number of halogens is 2. The summed E-state index contributed by atoms with van der Waals surface area (Å²) in [7, 11) is -1.18. The Hall–Kier alpha value is -2.55. The molecule has 9 heteroatoms. The van der Waals surface area contributed by atoms with E-state index in [-0.39, 0.29) is 20.7 Å². The van der Waals surface area contributed by atoms with E-state index in [0.717, 1.165) is 45.2 Å². The zero-order valence-corrected chi connectivity index (χ0v) is 23.6. The highest BCUT2D eigenvalue weighted by molar-refractivity contribution is 7.84. The van der Waals surface area contributed by atoms with Crippen molar-refractivity contribution in [2.45, 2.75) is 63.2 Å². The number of nitrogens with zero attached hydrogens (tertiary/aromatic N) is 3. The van der Waals surface area contributed by atoms with Crippen LogP contribution in [0, 0.1) is 11.2 Å². The van der Waals surface area contributed by atoms with Gasteiger partial charge in [0.15, 0.2) is 11.6 Å². The van der Waals surface area contributed by atoms with Crippen LogP contribution in [-0.2, 0) is 17.4 Å². The van der Waals surface area contributed by atoms with Gasteiger partial charge < -0.3 is 9.64 Å². The van der Waals surface area contributed by atoms with Crippen LogP contribution in [0.3, 0.4) is 0 Å². The van der Waals surface area contributed by atoms with E-state index < -0.39 is 16.8 Å². The third-order valence-corrected chi connectivity index (χ3v) is 9.63. The first-order chi connectivity index (χ1) is 18.1. The molecule has 5 rings (SSSR count). The maximum absolute atomic E-state index is 13.5. The summed E-state index contributed by atoms with van der Waals surface area (Å²) in [4.78, 5) is 10.9. The number of nitrogens with one attached hydrogen (secondary N) is 1. The van der Waals surface area contributed by atoms with Crippen LogP contribution in [-0.4, -0.2) is 37.6 Å². The summed E-state index contributed by atoms with van der Waals surface area (Å²) in [6.45, 7) is 7.68. The standard InChI is InChI=1S/C29H34ClFN4O2S/c1-27(2,3)38(36)34-29(16-21-7-5-4-6-8-21)12-11-28(18-29)13-14-35(19-28)26-25(17-32-20-33-26)37-24-10-9-22(31)15-23(24)30/h4-10,15,17,20,34H,11-14,16,18-19H2,1-3H3. The highest BCUT2D eigenvalue weighted by atomic mass is 35.5. The van der Waals surface area contributed by atoms with Gasteiger partial charge in [0.05, 0.1) is 27.0 Å². The first-order valence-corrected chi connectivity index (χ1v) is 14.5. The topological polar surface area (TPSA) is 67.4 Å². The molecule has 1 aromatic heterocycles. The molecule has 0 amide bonds. The Morgan fingerprint density at radius 2 is 1.92 bits per heavy atom. The highest BCUT2D eigenvalue weighted by Crippen LogP contribution is 2.52. The van der Waals surface area contributed by atoms with E-state index in [1.54, 1.807) is 6.20 Å². The Kier molecular flexibility index (Phi) is 7.50. The molecule has 6 nitrogen and oxygen atoms in total. The molecule has 202 valence electrons. The number of ether oxygens (including phenoxy) is 1. The SMILES string of the molecule is CC(C)(C)S(=O)NC1(Cc2ccccc2)CCC2(CCN(c3ncncc3Oc3ccc(F)cc3Cl)C2)C1. The molecule has 0 radical (unpaired) electrons. The van der Waals surface area contributed by atoms with Crippen LogP contribution in [0.5, 0.6) is 11.5 Å². The Balaban J connectivity index is 1.37. The van der Waals surface area contributed by atoms with Gasteiger partial charge in [-0.3, -0.25) is 0 Å². The number of aromatic nitrogens is 2. The maximum Gasteiger partial charge on any atom is 0.188 e. The molecule has 1 spiro atoms. The van der Waals surface area contributed by atoms with Crippen molar-refractivity contribution in [3.63, 3.8) is 0 Å². The predicted molar refractivity (Wildman–Crippen MR) is 151 cm³/mol. The molecule has 2 aliphatic rings. The fraction of sp³-hybridized carbons (Fsp3) is 0.448. The van der Waals surface area contributed by atoms with Crippen molar-refractivity contribution in [2.24, 2.45) is 5.41 Å². The van der Waals surface area contributed by atoms with Crippen molar-refractivity contribution in [3.05, 3.63) is 77.5 Å². The van der Waals surface area contributed by atoms with Gasteiger partial charge in [0.1, 0.15) is 17.9 Å². The van der Waals surface area contributed by atoms with Gasteiger partial charge in [0, 0.05) is 18.6 Å². The Labute approximate surface area is 231 Å². The monoisotopic (exact) mass is 556 g/mol. The molecule has 3 unspecified atom stereocenters.